The molecule has 0 saturated carbocycles. The highest BCUT2D eigenvalue weighted by Crippen LogP contribution is 2.20. The second-order valence-electron chi connectivity index (χ2n) is 4.49. The molecule has 1 aromatic rings. The fraction of sp³-hybridized carbons (Fsp3) is 0.462. The van der Waals surface area contributed by atoms with E-state index in [-0.39, 0.29) is 11.9 Å². The van der Waals surface area contributed by atoms with Gasteiger partial charge in [-0.2, -0.15) is 0 Å². The summed E-state index contributed by atoms with van der Waals surface area (Å²) in [4.78, 5) is 13.5. The third-order valence-electron chi connectivity index (χ3n) is 3.16. The Hall–Kier alpha value is -1.39. The monoisotopic (exact) mass is 233 g/mol. The molecule has 1 fully saturated rings. The van der Waals surface area contributed by atoms with Crippen molar-refractivity contribution in [2.45, 2.75) is 13.0 Å². The van der Waals surface area contributed by atoms with E-state index in [4.69, 9.17) is 5.73 Å². The minimum Gasteiger partial charge on any atom is -0.354 e. The maximum atomic E-state index is 11.4. The maximum absolute atomic E-state index is 11.4. The fourth-order valence-electron chi connectivity index (χ4n) is 2.30. The van der Waals surface area contributed by atoms with E-state index in [2.05, 4.69) is 35.3 Å². The topological polar surface area (TPSA) is 58.4 Å². The first-order valence-corrected chi connectivity index (χ1v) is 5.98. The number of rotatable bonds is 3. The molecule has 1 atom stereocenters. The van der Waals surface area contributed by atoms with Crippen LogP contribution in [0.1, 0.15) is 17.2 Å². The summed E-state index contributed by atoms with van der Waals surface area (Å²) in [5.74, 6) is 0.0855. The minimum absolute atomic E-state index is 0.0855. The molecule has 0 radical (unpaired) electrons. The van der Waals surface area contributed by atoms with Gasteiger partial charge in [0.25, 0.3) is 0 Å². The number of benzene rings is 1. The molecule has 1 amide bonds. The van der Waals surface area contributed by atoms with Crippen LogP contribution >= 0.6 is 0 Å². The Morgan fingerprint density at radius 1 is 1.53 bits per heavy atom. The van der Waals surface area contributed by atoms with Gasteiger partial charge in [-0.25, -0.2) is 0 Å². The number of piperazine rings is 1. The summed E-state index contributed by atoms with van der Waals surface area (Å²) < 4.78 is 0. The van der Waals surface area contributed by atoms with E-state index in [1.807, 2.05) is 6.07 Å². The number of hydrogen-bond donors (Lipinski definition) is 2. The van der Waals surface area contributed by atoms with Crippen LogP contribution in [0.25, 0.3) is 0 Å². The normalized spacial score (nSPS) is 18.8. The number of carbonyl (C=O) groups excluding carboxylic acids is 1. The molecule has 1 aliphatic heterocycles. The van der Waals surface area contributed by atoms with E-state index >= 15 is 0 Å². The first kappa shape index (κ1) is 12.1. The van der Waals surface area contributed by atoms with Crippen LogP contribution in [0.4, 0.5) is 0 Å². The van der Waals surface area contributed by atoms with Gasteiger partial charge in [-0.3, -0.25) is 9.69 Å². The van der Waals surface area contributed by atoms with Crippen molar-refractivity contribution in [1.82, 2.24) is 10.2 Å². The van der Waals surface area contributed by atoms with Crippen molar-refractivity contribution in [3.8, 4) is 0 Å². The number of amides is 1. The Labute approximate surface area is 102 Å². The molecule has 0 aliphatic carbocycles. The summed E-state index contributed by atoms with van der Waals surface area (Å²) in [5, 5.41) is 2.83. The lowest BCUT2D eigenvalue weighted by Gasteiger charge is -2.33. The summed E-state index contributed by atoms with van der Waals surface area (Å²) in [6, 6.07) is 8.47. The number of nitrogens with two attached hydrogens (primary N) is 1. The van der Waals surface area contributed by atoms with Gasteiger partial charge in [0, 0.05) is 25.7 Å². The second kappa shape index (κ2) is 5.29. The van der Waals surface area contributed by atoms with E-state index in [0.29, 0.717) is 19.6 Å². The molecule has 2 rings (SSSR count). The van der Waals surface area contributed by atoms with E-state index in [9.17, 15) is 4.79 Å². The highest BCUT2D eigenvalue weighted by atomic mass is 16.2. The quantitative estimate of drug-likeness (QED) is 0.796. The smallest absolute Gasteiger partial charge is 0.234 e. The lowest BCUT2D eigenvalue weighted by atomic mass is 10.0. The van der Waals surface area contributed by atoms with E-state index in [1.54, 1.807) is 0 Å². The summed E-state index contributed by atoms with van der Waals surface area (Å²) in [7, 11) is 0. The molecule has 92 valence electrons. The number of nitrogens with zero attached hydrogens (tertiary/aromatic N) is 1. The number of carbonyl (C=O) groups is 1. The van der Waals surface area contributed by atoms with E-state index < -0.39 is 0 Å². The second-order valence-corrected chi connectivity index (χ2v) is 4.49. The standard InChI is InChI=1S/C13H19N3O/c1-10-3-2-4-11(7-10)12(8-14)16-6-5-15-13(17)9-16/h2-4,7,12H,5-6,8-9,14H2,1H3,(H,15,17). The van der Waals surface area contributed by atoms with Gasteiger partial charge in [0.05, 0.1) is 6.54 Å². The summed E-state index contributed by atoms with van der Waals surface area (Å²) in [5.41, 5.74) is 8.28. The van der Waals surface area contributed by atoms with Crippen molar-refractivity contribution >= 4 is 5.91 Å². The molecule has 1 heterocycles. The lowest BCUT2D eigenvalue weighted by molar-refractivity contribution is -0.124. The Bertz CT molecular complexity index is 405. The van der Waals surface area contributed by atoms with Gasteiger partial charge in [-0.05, 0) is 12.5 Å². The molecule has 1 aromatic carbocycles. The number of nitrogens with one attached hydrogen (secondary N) is 1. The van der Waals surface area contributed by atoms with Crippen molar-refractivity contribution in [3.63, 3.8) is 0 Å². The predicted octanol–water partition coefficient (Wildman–Crippen LogP) is 0.427. The van der Waals surface area contributed by atoms with Gasteiger partial charge in [-0.15, -0.1) is 0 Å². The number of hydrogen-bond acceptors (Lipinski definition) is 3. The minimum atomic E-state index is 0.0855. The number of aryl methyl sites for hydroxylation is 1. The molecule has 4 heteroatoms. The lowest BCUT2D eigenvalue weighted by Crippen LogP contribution is -2.50. The zero-order valence-electron chi connectivity index (χ0n) is 10.1. The fourth-order valence-corrected chi connectivity index (χ4v) is 2.30. The van der Waals surface area contributed by atoms with Crippen LogP contribution in [0.3, 0.4) is 0 Å². The van der Waals surface area contributed by atoms with E-state index in [1.165, 1.54) is 11.1 Å². The van der Waals surface area contributed by atoms with Crippen molar-refractivity contribution in [1.29, 1.82) is 0 Å². The predicted molar refractivity (Wildman–Crippen MR) is 67.6 cm³/mol. The van der Waals surface area contributed by atoms with Gasteiger partial charge >= 0.3 is 0 Å². The highest BCUT2D eigenvalue weighted by molar-refractivity contribution is 5.78. The van der Waals surface area contributed by atoms with Crippen LogP contribution < -0.4 is 11.1 Å². The van der Waals surface area contributed by atoms with Gasteiger partial charge in [0.2, 0.25) is 5.91 Å². The van der Waals surface area contributed by atoms with Crippen LogP contribution in [-0.4, -0.2) is 37.0 Å². The van der Waals surface area contributed by atoms with Crippen LogP contribution in [-0.2, 0) is 4.79 Å². The van der Waals surface area contributed by atoms with Crippen molar-refractivity contribution in [3.05, 3.63) is 35.4 Å². The zero-order valence-corrected chi connectivity index (χ0v) is 10.1. The van der Waals surface area contributed by atoms with Gasteiger partial charge in [-0.1, -0.05) is 29.8 Å². The first-order valence-electron chi connectivity index (χ1n) is 5.98. The third kappa shape index (κ3) is 2.84. The SMILES string of the molecule is Cc1cccc(C(CN)N2CCNC(=O)C2)c1. The highest BCUT2D eigenvalue weighted by Gasteiger charge is 2.24. The molecule has 1 unspecified atom stereocenters. The summed E-state index contributed by atoms with van der Waals surface area (Å²) in [6.07, 6.45) is 0. The van der Waals surface area contributed by atoms with Crippen LogP contribution in [0.5, 0.6) is 0 Å². The zero-order chi connectivity index (χ0) is 12.3. The molecular weight excluding hydrogens is 214 g/mol. The van der Waals surface area contributed by atoms with Crippen molar-refractivity contribution < 1.29 is 4.79 Å². The Kier molecular flexibility index (Phi) is 3.76. The summed E-state index contributed by atoms with van der Waals surface area (Å²) in [6.45, 7) is 4.62. The van der Waals surface area contributed by atoms with Gasteiger partial charge < -0.3 is 11.1 Å². The average molecular weight is 233 g/mol. The molecule has 4 nitrogen and oxygen atoms in total. The molecular formula is C13H19N3O. The Morgan fingerprint density at radius 3 is 3.00 bits per heavy atom. The molecule has 3 N–H and O–H groups in total. The van der Waals surface area contributed by atoms with Crippen LogP contribution in [0, 0.1) is 6.92 Å². The van der Waals surface area contributed by atoms with E-state index in [0.717, 1.165) is 6.54 Å². The first-order chi connectivity index (χ1) is 8.20. The Morgan fingerprint density at radius 2 is 2.35 bits per heavy atom. The van der Waals surface area contributed by atoms with Crippen LogP contribution in [0.2, 0.25) is 0 Å². The maximum Gasteiger partial charge on any atom is 0.234 e. The third-order valence-corrected chi connectivity index (χ3v) is 3.16. The largest absolute Gasteiger partial charge is 0.354 e. The van der Waals surface area contributed by atoms with Gasteiger partial charge in [0.15, 0.2) is 0 Å². The molecule has 1 aliphatic rings. The average Bonchev–Trinajstić information content (AvgIpc) is 2.30. The molecule has 0 aromatic heterocycles. The van der Waals surface area contributed by atoms with Gasteiger partial charge in [0.1, 0.15) is 0 Å². The summed E-state index contributed by atoms with van der Waals surface area (Å²) >= 11 is 0. The molecule has 0 bridgehead atoms. The molecule has 1 saturated heterocycles. The van der Waals surface area contributed by atoms with Crippen molar-refractivity contribution in [2.24, 2.45) is 5.73 Å². The van der Waals surface area contributed by atoms with Crippen molar-refractivity contribution in [2.75, 3.05) is 26.2 Å². The van der Waals surface area contributed by atoms with Crippen LogP contribution in [0.15, 0.2) is 24.3 Å². The molecule has 0 spiro atoms. The Balaban J connectivity index is 2.18. The molecule has 17 heavy (non-hydrogen) atoms.